The fourth-order valence-corrected chi connectivity index (χ4v) is 3.99. The summed E-state index contributed by atoms with van der Waals surface area (Å²) in [4.78, 5) is 0. The molecule has 0 saturated heterocycles. The van der Waals surface area contributed by atoms with Gasteiger partial charge in [-0.1, -0.05) is 98.5 Å². The molecular weight excluding hydrogens is 336 g/mol. The molecule has 0 saturated carbocycles. The molecule has 0 aromatic heterocycles. The first-order valence-electron chi connectivity index (χ1n) is 9.82. The minimum Gasteiger partial charge on any atom is -0.0985 e. The largest absolute Gasteiger partial charge is 0.0985 e. The summed E-state index contributed by atoms with van der Waals surface area (Å²) in [7, 11) is 0. The Morgan fingerprint density at radius 1 is 1.00 bits per heavy atom. The van der Waals surface area contributed by atoms with Gasteiger partial charge in [-0.15, -0.1) is 0 Å². The molecule has 0 radical (unpaired) electrons. The van der Waals surface area contributed by atoms with Crippen molar-refractivity contribution in [1.82, 2.24) is 0 Å². The highest BCUT2D eigenvalue weighted by atomic mass is 14.3. The van der Waals surface area contributed by atoms with E-state index in [1.807, 2.05) is 6.08 Å². The average molecular weight is 363 g/mol. The number of fused-ring (bicyclic) bond motifs is 1. The summed E-state index contributed by atoms with van der Waals surface area (Å²) >= 11 is 0. The molecule has 0 spiro atoms. The molecular formula is C28H26. The average Bonchev–Trinajstić information content (AvgIpc) is 2.73. The summed E-state index contributed by atoms with van der Waals surface area (Å²) < 4.78 is 0. The number of hydrogen-bond donors (Lipinski definition) is 0. The maximum absolute atomic E-state index is 4.19. The van der Waals surface area contributed by atoms with Crippen LogP contribution in [0.2, 0.25) is 0 Å². The number of hydrogen-bond acceptors (Lipinski definition) is 0. The van der Waals surface area contributed by atoms with Crippen LogP contribution in [-0.2, 0) is 5.41 Å². The van der Waals surface area contributed by atoms with E-state index in [1.165, 1.54) is 38.6 Å². The van der Waals surface area contributed by atoms with E-state index in [9.17, 15) is 0 Å². The third-order valence-corrected chi connectivity index (χ3v) is 5.84. The van der Waals surface area contributed by atoms with Gasteiger partial charge < -0.3 is 0 Å². The third kappa shape index (κ3) is 3.27. The van der Waals surface area contributed by atoms with Gasteiger partial charge in [-0.25, -0.2) is 0 Å². The maximum Gasteiger partial charge on any atom is 0.0142 e. The lowest BCUT2D eigenvalue weighted by Crippen LogP contribution is -2.20. The van der Waals surface area contributed by atoms with Gasteiger partial charge in [0.2, 0.25) is 0 Å². The second-order valence-corrected chi connectivity index (χ2v) is 7.97. The molecule has 0 fully saturated rings. The van der Waals surface area contributed by atoms with Crippen LogP contribution in [0, 0.1) is 0 Å². The first kappa shape index (κ1) is 18.3. The Bertz CT molecular complexity index is 1120. The topological polar surface area (TPSA) is 0 Å². The van der Waals surface area contributed by atoms with Crippen molar-refractivity contribution in [2.24, 2.45) is 0 Å². The molecule has 3 aromatic rings. The van der Waals surface area contributed by atoms with E-state index in [-0.39, 0.29) is 5.41 Å². The van der Waals surface area contributed by atoms with E-state index in [0.717, 1.165) is 12.0 Å². The van der Waals surface area contributed by atoms with Crippen LogP contribution in [0.1, 0.15) is 31.4 Å². The molecule has 0 nitrogen and oxygen atoms in total. The second kappa shape index (κ2) is 7.13. The lowest BCUT2D eigenvalue weighted by Gasteiger charge is -2.28. The molecule has 1 aliphatic carbocycles. The van der Waals surface area contributed by atoms with Crippen LogP contribution < -0.4 is 0 Å². The van der Waals surface area contributed by atoms with Crippen LogP contribution >= 0.6 is 0 Å². The van der Waals surface area contributed by atoms with E-state index < -0.39 is 0 Å². The third-order valence-electron chi connectivity index (χ3n) is 5.84. The lowest BCUT2D eigenvalue weighted by molar-refractivity contribution is 0.598. The van der Waals surface area contributed by atoms with Crippen molar-refractivity contribution in [3.05, 3.63) is 115 Å². The summed E-state index contributed by atoms with van der Waals surface area (Å²) in [5.41, 5.74) is 7.38. The van der Waals surface area contributed by atoms with E-state index in [4.69, 9.17) is 0 Å². The monoisotopic (exact) mass is 362 g/mol. The fourth-order valence-electron chi connectivity index (χ4n) is 3.99. The molecule has 1 aliphatic rings. The van der Waals surface area contributed by atoms with E-state index >= 15 is 0 Å². The standard InChI is InChI=1S/C28H26/c1-5-21-14-16-28(4,17-15-21)25-12-10-22(11-13-25)24-18-23-8-6-7-9-26(23)27(19-24)20(2)3/h5-16,18-19H,1-2,17H2,3-4H3. The summed E-state index contributed by atoms with van der Waals surface area (Å²) in [6.07, 6.45) is 9.66. The minimum absolute atomic E-state index is 0.0390. The molecule has 0 bridgehead atoms. The first-order chi connectivity index (χ1) is 13.5. The zero-order chi connectivity index (χ0) is 19.7. The van der Waals surface area contributed by atoms with E-state index in [2.05, 4.69) is 106 Å². The molecule has 0 amide bonds. The summed E-state index contributed by atoms with van der Waals surface area (Å²) in [6.45, 7) is 12.4. The van der Waals surface area contributed by atoms with Gasteiger partial charge in [0.15, 0.2) is 0 Å². The van der Waals surface area contributed by atoms with Crippen molar-refractivity contribution in [3.8, 4) is 11.1 Å². The molecule has 0 heterocycles. The van der Waals surface area contributed by atoms with Crippen molar-refractivity contribution >= 4 is 16.3 Å². The summed E-state index contributed by atoms with van der Waals surface area (Å²) in [5.74, 6) is 0. The Labute approximate surface area is 168 Å². The number of benzene rings is 3. The lowest BCUT2D eigenvalue weighted by atomic mass is 9.76. The van der Waals surface area contributed by atoms with Gasteiger partial charge in [-0.3, -0.25) is 0 Å². The molecule has 28 heavy (non-hydrogen) atoms. The minimum atomic E-state index is 0.0390. The predicted octanol–water partition coefficient (Wildman–Crippen LogP) is 7.87. The Morgan fingerprint density at radius 3 is 2.39 bits per heavy atom. The molecule has 1 unspecified atom stereocenters. The summed E-state index contributed by atoms with van der Waals surface area (Å²) in [6, 6.07) is 22.1. The summed E-state index contributed by atoms with van der Waals surface area (Å²) in [5, 5.41) is 2.52. The predicted molar refractivity (Wildman–Crippen MR) is 123 cm³/mol. The Hall–Kier alpha value is -3.12. The van der Waals surface area contributed by atoms with E-state index in [0.29, 0.717) is 0 Å². The van der Waals surface area contributed by atoms with Gasteiger partial charge in [0.25, 0.3) is 0 Å². The first-order valence-corrected chi connectivity index (χ1v) is 9.82. The Morgan fingerprint density at radius 2 is 1.75 bits per heavy atom. The van der Waals surface area contributed by atoms with Crippen molar-refractivity contribution < 1.29 is 0 Å². The SMILES string of the molecule is C=CC1=CCC(C)(c2ccc(-c3cc(C(=C)C)c4ccccc4c3)cc2)C=C1. The highest BCUT2D eigenvalue weighted by Gasteiger charge is 2.24. The molecule has 138 valence electrons. The van der Waals surface area contributed by atoms with Crippen molar-refractivity contribution in [1.29, 1.82) is 0 Å². The van der Waals surface area contributed by atoms with E-state index in [1.54, 1.807) is 0 Å². The zero-order valence-corrected chi connectivity index (χ0v) is 16.7. The van der Waals surface area contributed by atoms with Crippen LogP contribution in [0.25, 0.3) is 27.5 Å². The van der Waals surface area contributed by atoms with Gasteiger partial charge in [-0.2, -0.15) is 0 Å². The number of rotatable bonds is 4. The van der Waals surface area contributed by atoms with Crippen molar-refractivity contribution in [2.75, 3.05) is 0 Å². The molecule has 0 heteroatoms. The normalized spacial score (nSPS) is 18.7. The van der Waals surface area contributed by atoms with Crippen LogP contribution in [0.15, 0.2) is 104 Å². The van der Waals surface area contributed by atoms with Crippen LogP contribution in [0.5, 0.6) is 0 Å². The second-order valence-electron chi connectivity index (χ2n) is 7.97. The van der Waals surface area contributed by atoms with Crippen molar-refractivity contribution in [3.63, 3.8) is 0 Å². The molecule has 0 N–H and O–H groups in total. The van der Waals surface area contributed by atoms with Gasteiger partial charge in [-0.05, 0) is 64.1 Å². The van der Waals surface area contributed by atoms with Gasteiger partial charge in [0, 0.05) is 5.41 Å². The molecule has 1 atom stereocenters. The molecule has 4 rings (SSSR count). The van der Waals surface area contributed by atoms with Gasteiger partial charge >= 0.3 is 0 Å². The highest BCUT2D eigenvalue weighted by molar-refractivity contribution is 5.96. The maximum atomic E-state index is 4.19. The number of allylic oxidation sites excluding steroid dienone is 6. The Kier molecular flexibility index (Phi) is 4.65. The smallest absolute Gasteiger partial charge is 0.0142 e. The van der Waals surface area contributed by atoms with Crippen LogP contribution in [-0.4, -0.2) is 0 Å². The quantitative estimate of drug-likeness (QED) is 0.443. The van der Waals surface area contributed by atoms with Gasteiger partial charge in [0.05, 0.1) is 0 Å². The Balaban J connectivity index is 1.72. The highest BCUT2D eigenvalue weighted by Crippen LogP contribution is 2.36. The zero-order valence-electron chi connectivity index (χ0n) is 16.7. The van der Waals surface area contributed by atoms with Crippen molar-refractivity contribution in [2.45, 2.75) is 25.7 Å². The van der Waals surface area contributed by atoms with Gasteiger partial charge in [0.1, 0.15) is 0 Å². The molecule has 3 aromatic carbocycles. The molecule has 0 aliphatic heterocycles. The van der Waals surface area contributed by atoms with Crippen LogP contribution in [0.3, 0.4) is 0 Å². The van der Waals surface area contributed by atoms with Crippen LogP contribution in [0.4, 0.5) is 0 Å². The fraction of sp³-hybridized carbons (Fsp3) is 0.143.